The Hall–Kier alpha value is -1.24. The third-order valence-electron chi connectivity index (χ3n) is 3.05. The number of nitrogens with zero attached hydrogens (tertiary/aromatic N) is 3. The zero-order chi connectivity index (χ0) is 13.7. The first-order valence-electron chi connectivity index (χ1n) is 6.57. The Balaban J connectivity index is 2.04. The molecule has 19 heavy (non-hydrogen) atoms. The highest BCUT2D eigenvalue weighted by Crippen LogP contribution is 2.37. The Kier molecular flexibility index (Phi) is 4.68. The van der Waals surface area contributed by atoms with Gasteiger partial charge >= 0.3 is 6.01 Å². The summed E-state index contributed by atoms with van der Waals surface area (Å²) in [4.78, 5) is 12.7. The molecule has 2 heterocycles. The second-order valence-electron chi connectivity index (χ2n) is 4.76. The number of ether oxygens (including phenoxy) is 1. The summed E-state index contributed by atoms with van der Waals surface area (Å²) in [6.07, 6.45) is 2.51. The number of methoxy groups -OCH3 is 1. The third kappa shape index (κ3) is 3.86. The van der Waals surface area contributed by atoms with Gasteiger partial charge in [0, 0.05) is 17.8 Å². The van der Waals surface area contributed by atoms with Crippen LogP contribution in [0.4, 0.5) is 11.9 Å². The van der Waals surface area contributed by atoms with Gasteiger partial charge in [0.1, 0.15) is 0 Å². The van der Waals surface area contributed by atoms with Crippen LogP contribution in [0, 0.1) is 0 Å². The zero-order valence-corrected chi connectivity index (χ0v) is 12.5. The molecule has 2 N–H and O–H groups in total. The highest BCUT2D eigenvalue weighted by Gasteiger charge is 2.29. The van der Waals surface area contributed by atoms with Crippen molar-refractivity contribution >= 4 is 23.7 Å². The van der Waals surface area contributed by atoms with Gasteiger partial charge in [-0.05, 0) is 32.4 Å². The van der Waals surface area contributed by atoms with Crippen LogP contribution in [0.15, 0.2) is 0 Å². The molecule has 0 amide bonds. The van der Waals surface area contributed by atoms with E-state index in [-0.39, 0.29) is 4.75 Å². The molecule has 7 heteroatoms. The number of aromatic nitrogens is 3. The van der Waals surface area contributed by atoms with Crippen LogP contribution >= 0.6 is 11.8 Å². The number of hydrogen-bond acceptors (Lipinski definition) is 7. The van der Waals surface area contributed by atoms with E-state index in [0.29, 0.717) is 17.9 Å². The van der Waals surface area contributed by atoms with Crippen LogP contribution in [0.1, 0.15) is 26.7 Å². The van der Waals surface area contributed by atoms with Crippen LogP contribution in [0.3, 0.4) is 0 Å². The Morgan fingerprint density at radius 1 is 1.26 bits per heavy atom. The lowest BCUT2D eigenvalue weighted by Gasteiger charge is -2.22. The molecule has 1 aliphatic heterocycles. The van der Waals surface area contributed by atoms with E-state index in [1.807, 2.05) is 18.7 Å². The smallest absolute Gasteiger partial charge is 0.322 e. The maximum atomic E-state index is 5.09. The molecule has 106 valence electrons. The first kappa shape index (κ1) is 14.2. The van der Waals surface area contributed by atoms with Gasteiger partial charge in [-0.1, -0.05) is 0 Å². The minimum atomic E-state index is 0.276. The topological polar surface area (TPSA) is 72.0 Å². The lowest BCUT2D eigenvalue weighted by Crippen LogP contribution is -2.28. The van der Waals surface area contributed by atoms with Crippen LogP contribution in [0.2, 0.25) is 0 Å². The van der Waals surface area contributed by atoms with Gasteiger partial charge in [0.15, 0.2) is 0 Å². The second kappa shape index (κ2) is 6.27. The molecule has 1 aromatic heterocycles. The second-order valence-corrected chi connectivity index (χ2v) is 6.44. The van der Waals surface area contributed by atoms with Crippen molar-refractivity contribution in [2.75, 3.05) is 36.6 Å². The minimum absolute atomic E-state index is 0.276. The Morgan fingerprint density at radius 3 is 2.58 bits per heavy atom. The molecule has 0 saturated carbocycles. The highest BCUT2D eigenvalue weighted by atomic mass is 32.2. The Morgan fingerprint density at radius 2 is 2.00 bits per heavy atom. The maximum Gasteiger partial charge on any atom is 0.322 e. The van der Waals surface area contributed by atoms with Crippen LogP contribution in [-0.2, 0) is 0 Å². The van der Waals surface area contributed by atoms with Crippen LogP contribution in [0.5, 0.6) is 6.01 Å². The molecular formula is C12H21N5OS. The standard InChI is InChI=1S/C12H21N5OS/c1-4-13-9-15-10(17-11(16-9)18-3)14-8-12(2)6-5-7-19-12/h4-8H2,1-3H3,(H2,13,14,15,16,17). The molecule has 1 saturated heterocycles. The van der Waals surface area contributed by atoms with Crippen molar-refractivity contribution in [1.29, 1.82) is 0 Å². The molecule has 1 atom stereocenters. The van der Waals surface area contributed by atoms with Gasteiger partial charge in [0.2, 0.25) is 11.9 Å². The summed E-state index contributed by atoms with van der Waals surface area (Å²) in [5.41, 5.74) is 0. The van der Waals surface area contributed by atoms with E-state index < -0.39 is 0 Å². The number of thioether (sulfide) groups is 1. The molecule has 0 aliphatic carbocycles. The number of rotatable bonds is 6. The fourth-order valence-electron chi connectivity index (χ4n) is 2.01. The third-order valence-corrected chi connectivity index (χ3v) is 4.59. The van der Waals surface area contributed by atoms with Gasteiger partial charge in [-0.15, -0.1) is 0 Å². The molecule has 1 aliphatic rings. The monoisotopic (exact) mass is 283 g/mol. The van der Waals surface area contributed by atoms with Gasteiger partial charge in [0.25, 0.3) is 0 Å². The molecule has 0 bridgehead atoms. The van der Waals surface area contributed by atoms with Crippen LogP contribution in [0.25, 0.3) is 0 Å². The van der Waals surface area contributed by atoms with Gasteiger partial charge in [-0.2, -0.15) is 26.7 Å². The Bertz CT molecular complexity index is 423. The number of nitrogens with one attached hydrogen (secondary N) is 2. The van der Waals surface area contributed by atoms with Crippen molar-refractivity contribution in [3.8, 4) is 6.01 Å². The summed E-state index contributed by atoms with van der Waals surface area (Å²) < 4.78 is 5.37. The van der Waals surface area contributed by atoms with E-state index in [0.717, 1.165) is 13.1 Å². The largest absolute Gasteiger partial charge is 0.467 e. The van der Waals surface area contributed by atoms with E-state index >= 15 is 0 Å². The molecular weight excluding hydrogens is 262 g/mol. The summed E-state index contributed by atoms with van der Waals surface area (Å²) in [5.74, 6) is 2.35. The molecule has 0 spiro atoms. The van der Waals surface area contributed by atoms with E-state index in [2.05, 4.69) is 32.5 Å². The first-order chi connectivity index (χ1) is 9.15. The van der Waals surface area contributed by atoms with Crippen molar-refractivity contribution in [2.45, 2.75) is 31.4 Å². The average molecular weight is 283 g/mol. The van der Waals surface area contributed by atoms with E-state index in [4.69, 9.17) is 4.74 Å². The lowest BCUT2D eigenvalue weighted by molar-refractivity contribution is 0.379. The van der Waals surface area contributed by atoms with Crippen molar-refractivity contribution in [2.24, 2.45) is 0 Å². The summed E-state index contributed by atoms with van der Waals surface area (Å²) in [6, 6.07) is 0.331. The summed E-state index contributed by atoms with van der Waals surface area (Å²) >= 11 is 2.01. The SMILES string of the molecule is CCNc1nc(NCC2(C)CCCS2)nc(OC)n1. The van der Waals surface area contributed by atoms with Gasteiger partial charge in [-0.3, -0.25) is 0 Å². The quantitative estimate of drug-likeness (QED) is 0.827. The Labute approximate surface area is 118 Å². The summed E-state index contributed by atoms with van der Waals surface area (Å²) in [7, 11) is 1.56. The van der Waals surface area contributed by atoms with E-state index in [1.54, 1.807) is 7.11 Å². The molecule has 1 aromatic rings. The summed E-state index contributed by atoms with van der Waals surface area (Å²) in [6.45, 7) is 5.90. The molecule has 1 unspecified atom stereocenters. The minimum Gasteiger partial charge on any atom is -0.467 e. The molecule has 0 radical (unpaired) electrons. The van der Waals surface area contributed by atoms with Gasteiger partial charge in [0.05, 0.1) is 7.11 Å². The van der Waals surface area contributed by atoms with Gasteiger partial charge < -0.3 is 15.4 Å². The zero-order valence-electron chi connectivity index (χ0n) is 11.7. The predicted octanol–water partition coefficient (Wildman–Crippen LogP) is 2.01. The van der Waals surface area contributed by atoms with E-state index in [1.165, 1.54) is 18.6 Å². The predicted molar refractivity (Wildman–Crippen MR) is 79.1 cm³/mol. The van der Waals surface area contributed by atoms with Crippen molar-refractivity contribution in [3.63, 3.8) is 0 Å². The first-order valence-corrected chi connectivity index (χ1v) is 7.55. The number of hydrogen-bond donors (Lipinski definition) is 2. The molecule has 0 aromatic carbocycles. The average Bonchev–Trinajstić information content (AvgIpc) is 2.84. The van der Waals surface area contributed by atoms with E-state index in [9.17, 15) is 0 Å². The maximum absolute atomic E-state index is 5.09. The molecule has 6 nitrogen and oxygen atoms in total. The highest BCUT2D eigenvalue weighted by molar-refractivity contribution is 8.00. The fraction of sp³-hybridized carbons (Fsp3) is 0.750. The van der Waals surface area contributed by atoms with Crippen molar-refractivity contribution in [3.05, 3.63) is 0 Å². The van der Waals surface area contributed by atoms with Crippen LogP contribution in [-0.4, -0.2) is 45.7 Å². The molecule has 2 rings (SSSR count). The lowest BCUT2D eigenvalue weighted by atomic mass is 10.1. The normalized spacial score (nSPS) is 22.3. The van der Waals surface area contributed by atoms with Crippen molar-refractivity contribution < 1.29 is 4.74 Å². The fourth-order valence-corrected chi connectivity index (χ4v) is 3.25. The number of anilines is 2. The summed E-state index contributed by atoms with van der Waals surface area (Å²) in [5, 5.41) is 6.37. The van der Waals surface area contributed by atoms with Crippen LogP contribution < -0.4 is 15.4 Å². The van der Waals surface area contributed by atoms with Crippen molar-refractivity contribution in [1.82, 2.24) is 15.0 Å². The van der Waals surface area contributed by atoms with Gasteiger partial charge in [-0.25, -0.2) is 0 Å². The molecule has 1 fully saturated rings.